The molecule has 0 unspecified atom stereocenters. The van der Waals surface area contributed by atoms with Crippen molar-refractivity contribution in [3.63, 3.8) is 0 Å². The van der Waals surface area contributed by atoms with Gasteiger partial charge in [-0.2, -0.15) is 0 Å². The van der Waals surface area contributed by atoms with E-state index in [1.807, 2.05) is 0 Å². The number of hydrogen-bond acceptors (Lipinski definition) is 3. The molecule has 0 heterocycles. The standard InChI is InChI=1S/C12H8BrCl2FN2O2S/c13-7-2-1-6(17)5-9(7)18-21(19,20)10-4-3-8(14)12(16)11(10)15/h1-5,18H,17H2. The lowest BCUT2D eigenvalue weighted by Crippen LogP contribution is -2.14. The highest BCUT2D eigenvalue weighted by Crippen LogP contribution is 2.32. The molecule has 0 spiro atoms. The number of halogens is 4. The lowest BCUT2D eigenvalue weighted by atomic mass is 10.3. The number of nitrogen functional groups attached to an aromatic ring is 1. The van der Waals surface area contributed by atoms with Crippen molar-refractivity contribution in [1.82, 2.24) is 0 Å². The molecule has 0 amide bonds. The van der Waals surface area contributed by atoms with Crippen molar-refractivity contribution in [2.75, 3.05) is 10.5 Å². The van der Waals surface area contributed by atoms with Gasteiger partial charge in [-0.25, -0.2) is 12.8 Å². The van der Waals surface area contributed by atoms with Gasteiger partial charge in [0.05, 0.1) is 15.7 Å². The molecule has 0 aliphatic rings. The highest BCUT2D eigenvalue weighted by Gasteiger charge is 2.22. The van der Waals surface area contributed by atoms with E-state index in [1.54, 1.807) is 12.1 Å². The SMILES string of the molecule is Nc1ccc(Br)c(NS(=O)(=O)c2ccc(Cl)c(F)c2Cl)c1. The summed E-state index contributed by atoms with van der Waals surface area (Å²) in [5, 5.41) is -0.834. The smallest absolute Gasteiger partial charge is 0.263 e. The van der Waals surface area contributed by atoms with Crippen LogP contribution in [0.3, 0.4) is 0 Å². The summed E-state index contributed by atoms with van der Waals surface area (Å²) in [6.07, 6.45) is 0. The van der Waals surface area contributed by atoms with Crippen LogP contribution >= 0.6 is 39.1 Å². The fraction of sp³-hybridized carbons (Fsp3) is 0. The van der Waals surface area contributed by atoms with Gasteiger partial charge in [0.15, 0.2) is 5.82 Å². The molecule has 0 aliphatic carbocycles. The molecule has 0 atom stereocenters. The first kappa shape index (κ1) is 16.4. The fourth-order valence-electron chi connectivity index (χ4n) is 1.54. The summed E-state index contributed by atoms with van der Waals surface area (Å²) < 4.78 is 40.9. The summed E-state index contributed by atoms with van der Waals surface area (Å²) in [5.41, 5.74) is 6.17. The number of rotatable bonds is 3. The molecule has 0 bridgehead atoms. The number of anilines is 2. The first-order valence-corrected chi connectivity index (χ1v) is 8.47. The lowest BCUT2D eigenvalue weighted by Gasteiger charge is -2.12. The molecule has 2 rings (SSSR count). The molecular weight excluding hydrogens is 406 g/mol. The molecule has 9 heteroatoms. The van der Waals surface area contributed by atoms with Gasteiger partial charge >= 0.3 is 0 Å². The van der Waals surface area contributed by atoms with Gasteiger partial charge in [-0.15, -0.1) is 0 Å². The van der Waals surface area contributed by atoms with E-state index in [0.717, 1.165) is 12.1 Å². The van der Waals surface area contributed by atoms with Crippen LogP contribution in [-0.2, 0) is 10.0 Å². The van der Waals surface area contributed by atoms with E-state index in [4.69, 9.17) is 28.9 Å². The van der Waals surface area contributed by atoms with E-state index in [9.17, 15) is 12.8 Å². The number of nitrogens with two attached hydrogens (primary N) is 1. The van der Waals surface area contributed by atoms with E-state index < -0.39 is 25.8 Å². The number of hydrogen-bond donors (Lipinski definition) is 2. The Balaban J connectivity index is 2.49. The monoisotopic (exact) mass is 412 g/mol. The van der Waals surface area contributed by atoms with Crippen molar-refractivity contribution in [2.24, 2.45) is 0 Å². The largest absolute Gasteiger partial charge is 0.399 e. The third kappa shape index (κ3) is 3.42. The molecule has 21 heavy (non-hydrogen) atoms. The van der Waals surface area contributed by atoms with Crippen LogP contribution in [0.5, 0.6) is 0 Å². The first-order valence-electron chi connectivity index (χ1n) is 5.43. The van der Waals surface area contributed by atoms with Gasteiger partial charge in [0.1, 0.15) is 4.90 Å². The van der Waals surface area contributed by atoms with Gasteiger partial charge in [-0.1, -0.05) is 23.2 Å². The van der Waals surface area contributed by atoms with E-state index in [1.165, 1.54) is 6.07 Å². The van der Waals surface area contributed by atoms with Crippen LogP contribution < -0.4 is 10.5 Å². The molecule has 0 aliphatic heterocycles. The second kappa shape index (κ2) is 6.00. The van der Waals surface area contributed by atoms with Crippen LogP contribution in [0.4, 0.5) is 15.8 Å². The predicted octanol–water partition coefficient (Wildman–Crippen LogP) is 4.28. The predicted molar refractivity (Wildman–Crippen MR) is 85.8 cm³/mol. The summed E-state index contributed by atoms with van der Waals surface area (Å²) in [5.74, 6) is -0.993. The Hall–Kier alpha value is -1.02. The van der Waals surface area contributed by atoms with Gasteiger partial charge in [-0.3, -0.25) is 4.72 Å². The Morgan fingerprint density at radius 1 is 1.19 bits per heavy atom. The van der Waals surface area contributed by atoms with E-state index in [2.05, 4.69) is 20.7 Å². The highest BCUT2D eigenvalue weighted by molar-refractivity contribution is 9.10. The Bertz CT molecular complexity index is 815. The Kier molecular flexibility index (Phi) is 4.67. The Morgan fingerprint density at radius 3 is 2.52 bits per heavy atom. The van der Waals surface area contributed by atoms with Crippen molar-refractivity contribution >= 4 is 60.5 Å². The fourth-order valence-corrected chi connectivity index (χ4v) is 3.83. The Labute approximate surface area is 139 Å². The average Bonchev–Trinajstić information content (AvgIpc) is 2.39. The molecule has 0 aromatic heterocycles. The second-order valence-electron chi connectivity index (χ2n) is 4.02. The highest BCUT2D eigenvalue weighted by atomic mass is 79.9. The second-order valence-corrected chi connectivity index (χ2v) is 7.31. The zero-order chi connectivity index (χ0) is 15.8. The normalized spacial score (nSPS) is 11.4. The topological polar surface area (TPSA) is 72.2 Å². The summed E-state index contributed by atoms with van der Waals surface area (Å²) >= 11 is 14.4. The van der Waals surface area contributed by atoms with E-state index >= 15 is 0 Å². The van der Waals surface area contributed by atoms with Gasteiger partial charge in [0.2, 0.25) is 0 Å². The lowest BCUT2D eigenvalue weighted by molar-refractivity contribution is 0.595. The van der Waals surface area contributed by atoms with Crippen molar-refractivity contribution in [3.8, 4) is 0 Å². The van der Waals surface area contributed by atoms with E-state index in [-0.39, 0.29) is 10.7 Å². The van der Waals surface area contributed by atoms with Crippen LogP contribution in [-0.4, -0.2) is 8.42 Å². The van der Waals surface area contributed by atoms with Crippen molar-refractivity contribution in [2.45, 2.75) is 4.90 Å². The minimum Gasteiger partial charge on any atom is -0.399 e. The maximum absolute atomic E-state index is 13.6. The molecule has 4 nitrogen and oxygen atoms in total. The molecule has 0 saturated heterocycles. The maximum Gasteiger partial charge on any atom is 0.263 e. The maximum atomic E-state index is 13.6. The third-order valence-corrected chi connectivity index (χ3v) is 5.40. The average molecular weight is 414 g/mol. The number of benzene rings is 2. The number of sulfonamides is 1. The molecule has 3 N–H and O–H groups in total. The van der Waals surface area contributed by atoms with Crippen molar-refractivity contribution < 1.29 is 12.8 Å². The van der Waals surface area contributed by atoms with Crippen LogP contribution in [0.1, 0.15) is 0 Å². The third-order valence-electron chi connectivity index (χ3n) is 2.52. The minimum absolute atomic E-state index is 0.210. The quantitative estimate of drug-likeness (QED) is 0.582. The summed E-state index contributed by atoms with van der Waals surface area (Å²) in [7, 11) is -4.09. The zero-order valence-electron chi connectivity index (χ0n) is 10.2. The molecule has 0 radical (unpaired) electrons. The molecular formula is C12H8BrCl2FN2O2S. The van der Waals surface area contributed by atoms with Crippen LogP contribution in [0.25, 0.3) is 0 Å². The van der Waals surface area contributed by atoms with Gasteiger partial charge < -0.3 is 5.73 Å². The summed E-state index contributed by atoms with van der Waals surface area (Å²) in [6, 6.07) is 6.83. The van der Waals surface area contributed by atoms with E-state index in [0.29, 0.717) is 10.2 Å². The van der Waals surface area contributed by atoms with Crippen LogP contribution in [0, 0.1) is 5.82 Å². The zero-order valence-corrected chi connectivity index (χ0v) is 14.1. The molecule has 2 aromatic rings. The minimum atomic E-state index is -4.09. The van der Waals surface area contributed by atoms with Gasteiger partial charge in [0.25, 0.3) is 10.0 Å². The number of nitrogens with one attached hydrogen (secondary N) is 1. The molecule has 112 valence electrons. The summed E-state index contributed by atoms with van der Waals surface area (Å²) in [6.45, 7) is 0. The van der Waals surface area contributed by atoms with Gasteiger partial charge in [-0.05, 0) is 46.3 Å². The molecule has 2 aromatic carbocycles. The van der Waals surface area contributed by atoms with Crippen molar-refractivity contribution in [1.29, 1.82) is 0 Å². The van der Waals surface area contributed by atoms with Crippen LogP contribution in [0.15, 0.2) is 39.7 Å². The summed E-state index contributed by atoms with van der Waals surface area (Å²) in [4.78, 5) is -0.416. The van der Waals surface area contributed by atoms with Crippen molar-refractivity contribution in [3.05, 3.63) is 50.7 Å². The molecule has 0 fully saturated rings. The first-order chi connectivity index (χ1) is 9.72. The molecule has 0 saturated carbocycles. The Morgan fingerprint density at radius 2 is 1.86 bits per heavy atom. The van der Waals surface area contributed by atoms with Gasteiger partial charge in [0, 0.05) is 10.2 Å². The van der Waals surface area contributed by atoms with Crippen LogP contribution in [0.2, 0.25) is 10.0 Å².